The smallest absolute Gasteiger partial charge is 0.200 e. The van der Waals surface area contributed by atoms with E-state index in [0.29, 0.717) is 0 Å². The first-order chi connectivity index (χ1) is 7.40. The van der Waals surface area contributed by atoms with Crippen molar-refractivity contribution in [3.8, 4) is 0 Å². The van der Waals surface area contributed by atoms with Crippen molar-refractivity contribution in [2.75, 3.05) is 18.4 Å². The number of nitrogens with zero attached hydrogens (tertiary/aromatic N) is 1. The Balaban J connectivity index is 1.87. The first-order valence-electron chi connectivity index (χ1n) is 5.59. The number of hydrogen-bond acceptors (Lipinski definition) is 3. The molecule has 0 saturated carbocycles. The van der Waals surface area contributed by atoms with Crippen LogP contribution in [-0.4, -0.2) is 23.1 Å². The lowest BCUT2D eigenvalue weighted by atomic mass is 10.1. The third kappa shape index (κ3) is 2.59. The Hall–Kier alpha value is -1.29. The van der Waals surface area contributed by atoms with Gasteiger partial charge in [0.1, 0.15) is 0 Å². The van der Waals surface area contributed by atoms with Crippen LogP contribution in [0, 0.1) is 0 Å². The topological polar surface area (TPSA) is 66.7 Å². The summed E-state index contributed by atoms with van der Waals surface area (Å²) >= 11 is 0. The normalized spacial score (nSPS) is 13.9. The van der Waals surface area contributed by atoms with Gasteiger partial charge in [-0.2, -0.15) is 0 Å². The lowest BCUT2D eigenvalue weighted by Crippen LogP contribution is -2.06. The molecule has 0 saturated heterocycles. The molecule has 1 aromatic rings. The molecular weight excluding hydrogens is 188 g/mol. The molecule has 1 aliphatic rings. The summed E-state index contributed by atoms with van der Waals surface area (Å²) in [5.74, 6) is 0.892. The molecule has 1 aromatic heterocycles. The highest BCUT2D eigenvalue weighted by atomic mass is 15.1. The number of nitrogens with one attached hydrogen (secondary N) is 2. The van der Waals surface area contributed by atoms with Crippen molar-refractivity contribution in [3.05, 3.63) is 17.5 Å². The molecule has 1 aliphatic carbocycles. The highest BCUT2D eigenvalue weighted by molar-refractivity contribution is 5.53. The second kappa shape index (κ2) is 4.98. The van der Waals surface area contributed by atoms with Gasteiger partial charge in [-0.15, -0.1) is 0 Å². The van der Waals surface area contributed by atoms with Crippen LogP contribution in [0.25, 0.3) is 6.08 Å². The van der Waals surface area contributed by atoms with Gasteiger partial charge in [-0.25, -0.2) is 4.98 Å². The number of aromatic amines is 1. The third-order valence-corrected chi connectivity index (χ3v) is 2.57. The molecule has 82 valence electrons. The monoisotopic (exact) mass is 206 g/mol. The molecule has 0 aromatic carbocycles. The maximum atomic E-state index is 5.43. The number of anilines is 1. The minimum Gasteiger partial charge on any atom is -0.356 e. The molecule has 1 heterocycles. The van der Waals surface area contributed by atoms with Gasteiger partial charge in [-0.1, -0.05) is 6.08 Å². The van der Waals surface area contributed by atoms with E-state index in [1.54, 1.807) is 0 Å². The molecule has 4 nitrogen and oxygen atoms in total. The Labute approximate surface area is 90.0 Å². The molecule has 0 aliphatic heterocycles. The molecule has 0 bridgehead atoms. The highest BCUT2D eigenvalue weighted by Crippen LogP contribution is 2.18. The van der Waals surface area contributed by atoms with E-state index in [4.69, 9.17) is 5.73 Å². The summed E-state index contributed by atoms with van der Waals surface area (Å²) in [6.45, 7) is 1.70. The fourth-order valence-corrected chi connectivity index (χ4v) is 1.73. The number of hydrogen-bond donors (Lipinski definition) is 3. The van der Waals surface area contributed by atoms with Gasteiger partial charge in [0.15, 0.2) is 0 Å². The number of nitrogens with two attached hydrogens (primary N) is 1. The van der Waals surface area contributed by atoms with E-state index in [9.17, 15) is 0 Å². The van der Waals surface area contributed by atoms with Gasteiger partial charge in [0.2, 0.25) is 5.95 Å². The lowest BCUT2D eigenvalue weighted by molar-refractivity contribution is 0.770. The van der Waals surface area contributed by atoms with Crippen molar-refractivity contribution in [2.24, 2.45) is 5.73 Å². The standard InChI is InChI=1S/C11H18N4/c12-7-3-4-8-13-11-14-9-5-1-2-6-10(9)15-11/h1,5H,2-4,6-8,12H2,(H2,13,14,15). The van der Waals surface area contributed by atoms with Crippen LogP contribution in [0.3, 0.4) is 0 Å². The zero-order valence-electron chi connectivity index (χ0n) is 8.92. The molecule has 0 radical (unpaired) electrons. The Morgan fingerprint density at radius 2 is 2.40 bits per heavy atom. The average molecular weight is 206 g/mol. The Morgan fingerprint density at radius 3 is 3.20 bits per heavy atom. The summed E-state index contributed by atoms with van der Waals surface area (Å²) in [7, 11) is 0. The van der Waals surface area contributed by atoms with Crippen LogP contribution in [0.5, 0.6) is 0 Å². The predicted octanol–water partition coefficient (Wildman–Crippen LogP) is 1.52. The maximum absolute atomic E-state index is 5.43. The number of unbranched alkanes of at least 4 members (excludes halogenated alkanes) is 1. The molecule has 0 fully saturated rings. The lowest BCUT2D eigenvalue weighted by Gasteiger charge is -2.01. The van der Waals surface area contributed by atoms with Crippen LogP contribution in [0.1, 0.15) is 30.7 Å². The Kier molecular flexibility index (Phi) is 3.40. The van der Waals surface area contributed by atoms with Crippen molar-refractivity contribution in [3.63, 3.8) is 0 Å². The first kappa shape index (κ1) is 10.2. The quantitative estimate of drug-likeness (QED) is 0.640. The van der Waals surface area contributed by atoms with Crippen molar-refractivity contribution in [1.82, 2.24) is 9.97 Å². The van der Waals surface area contributed by atoms with Crippen molar-refractivity contribution in [2.45, 2.75) is 25.7 Å². The van der Waals surface area contributed by atoms with Crippen LogP contribution in [0.15, 0.2) is 6.08 Å². The van der Waals surface area contributed by atoms with Crippen molar-refractivity contribution < 1.29 is 0 Å². The predicted molar refractivity (Wildman–Crippen MR) is 62.7 cm³/mol. The largest absolute Gasteiger partial charge is 0.356 e. The second-order valence-corrected chi connectivity index (χ2v) is 3.81. The number of fused-ring (bicyclic) bond motifs is 1. The molecule has 0 unspecified atom stereocenters. The van der Waals surface area contributed by atoms with E-state index in [2.05, 4.69) is 27.4 Å². The molecule has 2 rings (SSSR count). The Bertz CT molecular complexity index is 340. The average Bonchev–Trinajstić information content (AvgIpc) is 2.67. The zero-order chi connectivity index (χ0) is 10.5. The molecule has 0 amide bonds. The van der Waals surface area contributed by atoms with Crippen molar-refractivity contribution >= 4 is 12.0 Å². The van der Waals surface area contributed by atoms with Crippen molar-refractivity contribution in [1.29, 1.82) is 0 Å². The maximum Gasteiger partial charge on any atom is 0.200 e. The molecule has 4 heteroatoms. The minimum atomic E-state index is 0.763. The van der Waals surface area contributed by atoms with Crippen LogP contribution in [0.4, 0.5) is 5.95 Å². The molecule has 15 heavy (non-hydrogen) atoms. The van der Waals surface area contributed by atoms with Crippen LogP contribution < -0.4 is 11.1 Å². The summed E-state index contributed by atoms with van der Waals surface area (Å²) < 4.78 is 0. The van der Waals surface area contributed by atoms with E-state index < -0.39 is 0 Å². The minimum absolute atomic E-state index is 0.763. The van der Waals surface area contributed by atoms with Gasteiger partial charge in [-0.05, 0) is 38.3 Å². The summed E-state index contributed by atoms with van der Waals surface area (Å²) in [5, 5.41) is 3.28. The van der Waals surface area contributed by atoms with Gasteiger partial charge in [0.05, 0.1) is 5.69 Å². The number of imidazole rings is 1. The van der Waals surface area contributed by atoms with E-state index >= 15 is 0 Å². The van der Waals surface area contributed by atoms with Crippen LogP contribution in [-0.2, 0) is 6.42 Å². The van der Waals surface area contributed by atoms with Gasteiger partial charge in [0.25, 0.3) is 0 Å². The SMILES string of the molecule is NCCCCNc1nc2c([nH]1)CCC=C2. The second-order valence-electron chi connectivity index (χ2n) is 3.81. The summed E-state index contributed by atoms with van der Waals surface area (Å²) in [6.07, 6.45) is 8.60. The van der Waals surface area contributed by atoms with Gasteiger partial charge in [-0.3, -0.25) is 0 Å². The number of aryl methyl sites for hydroxylation is 1. The van der Waals surface area contributed by atoms with E-state index in [-0.39, 0.29) is 0 Å². The molecule has 0 spiro atoms. The van der Waals surface area contributed by atoms with Crippen LogP contribution in [0.2, 0.25) is 0 Å². The molecule has 4 N–H and O–H groups in total. The van der Waals surface area contributed by atoms with E-state index in [1.807, 2.05) is 0 Å². The zero-order valence-corrected chi connectivity index (χ0v) is 8.92. The summed E-state index contributed by atoms with van der Waals surface area (Å²) in [4.78, 5) is 7.77. The number of aromatic nitrogens is 2. The fourth-order valence-electron chi connectivity index (χ4n) is 1.73. The Morgan fingerprint density at radius 1 is 1.47 bits per heavy atom. The number of allylic oxidation sites excluding steroid dienone is 1. The van der Waals surface area contributed by atoms with E-state index in [0.717, 1.165) is 50.4 Å². The third-order valence-electron chi connectivity index (χ3n) is 2.57. The first-order valence-corrected chi connectivity index (χ1v) is 5.59. The van der Waals surface area contributed by atoms with Gasteiger partial charge < -0.3 is 16.0 Å². The van der Waals surface area contributed by atoms with Gasteiger partial charge >= 0.3 is 0 Å². The van der Waals surface area contributed by atoms with E-state index in [1.165, 1.54) is 5.69 Å². The fraction of sp³-hybridized carbons (Fsp3) is 0.545. The number of rotatable bonds is 5. The van der Waals surface area contributed by atoms with Crippen LogP contribution >= 0.6 is 0 Å². The van der Waals surface area contributed by atoms with Gasteiger partial charge in [0, 0.05) is 12.2 Å². The molecular formula is C11H18N4. The number of H-pyrrole nitrogens is 1. The molecule has 0 atom stereocenters. The summed E-state index contributed by atoms with van der Waals surface area (Å²) in [5.41, 5.74) is 7.76. The summed E-state index contributed by atoms with van der Waals surface area (Å²) in [6, 6.07) is 0. The highest BCUT2D eigenvalue weighted by Gasteiger charge is 2.09.